The molecule has 1 amide bonds. The average molecular weight is 319 g/mol. The molecular formula is C16H19ClN4O. The van der Waals surface area contributed by atoms with Crippen molar-refractivity contribution in [2.75, 3.05) is 13.1 Å². The lowest BCUT2D eigenvalue weighted by atomic mass is 10.0. The van der Waals surface area contributed by atoms with Crippen LogP contribution in [-0.2, 0) is 18.4 Å². The van der Waals surface area contributed by atoms with Crippen LogP contribution in [0.4, 0.5) is 0 Å². The molecule has 1 aliphatic heterocycles. The van der Waals surface area contributed by atoms with E-state index in [0.29, 0.717) is 24.7 Å². The minimum atomic E-state index is 0.0548. The van der Waals surface area contributed by atoms with Crippen molar-refractivity contribution in [1.29, 1.82) is 0 Å². The molecule has 5 nitrogen and oxygen atoms in total. The van der Waals surface area contributed by atoms with E-state index in [1.807, 2.05) is 29.8 Å². The Morgan fingerprint density at radius 3 is 2.82 bits per heavy atom. The molecule has 1 atom stereocenters. The lowest BCUT2D eigenvalue weighted by molar-refractivity contribution is -0.121. The zero-order valence-corrected chi connectivity index (χ0v) is 13.3. The second-order valence-electron chi connectivity index (χ2n) is 5.51. The van der Waals surface area contributed by atoms with Gasteiger partial charge in [0, 0.05) is 32.6 Å². The van der Waals surface area contributed by atoms with Gasteiger partial charge in [-0.05, 0) is 5.56 Å². The monoisotopic (exact) mass is 318 g/mol. The smallest absolute Gasteiger partial charge is 0.221 e. The Morgan fingerprint density at radius 1 is 1.36 bits per heavy atom. The number of rotatable bonds is 3. The first-order chi connectivity index (χ1) is 10.6. The van der Waals surface area contributed by atoms with Gasteiger partial charge in [-0.1, -0.05) is 41.9 Å². The molecule has 1 fully saturated rings. The lowest BCUT2D eigenvalue weighted by Crippen LogP contribution is -2.31. The summed E-state index contributed by atoms with van der Waals surface area (Å²) in [5.41, 5.74) is 1.15. The van der Waals surface area contributed by atoms with Gasteiger partial charge in [-0.25, -0.2) is 4.98 Å². The maximum absolute atomic E-state index is 12.0. The SMILES string of the molecule is Cn1c(Cl)cnc1CN1CCNC(=O)C[C@@H]1c1ccccc1. The second-order valence-corrected chi connectivity index (χ2v) is 5.89. The van der Waals surface area contributed by atoms with Crippen molar-refractivity contribution in [3.05, 3.63) is 53.1 Å². The number of benzene rings is 1. The van der Waals surface area contributed by atoms with Gasteiger partial charge < -0.3 is 9.88 Å². The predicted octanol–water partition coefficient (Wildman–Crippen LogP) is 2.14. The van der Waals surface area contributed by atoms with E-state index < -0.39 is 0 Å². The van der Waals surface area contributed by atoms with Gasteiger partial charge in [-0.2, -0.15) is 0 Å². The summed E-state index contributed by atoms with van der Waals surface area (Å²) in [7, 11) is 1.91. The Morgan fingerprint density at radius 2 is 2.14 bits per heavy atom. The number of nitrogens with zero attached hydrogens (tertiary/aromatic N) is 3. The number of hydrogen-bond donors (Lipinski definition) is 1. The highest BCUT2D eigenvalue weighted by Crippen LogP contribution is 2.27. The first-order valence-electron chi connectivity index (χ1n) is 7.37. The second kappa shape index (κ2) is 6.50. The standard InChI is InChI=1S/C16H19ClN4O/c1-20-14(17)10-19-15(20)11-21-8-7-18-16(22)9-13(21)12-5-3-2-4-6-12/h2-6,10,13H,7-9,11H2,1H3,(H,18,22)/t13-/m1/s1. The zero-order chi connectivity index (χ0) is 15.5. The Labute approximate surface area is 134 Å². The van der Waals surface area contributed by atoms with Crippen molar-refractivity contribution in [2.45, 2.75) is 19.0 Å². The van der Waals surface area contributed by atoms with E-state index in [4.69, 9.17) is 11.6 Å². The number of aromatic nitrogens is 2. The molecule has 0 spiro atoms. The molecule has 0 unspecified atom stereocenters. The molecule has 0 saturated carbocycles. The first-order valence-corrected chi connectivity index (χ1v) is 7.74. The quantitative estimate of drug-likeness (QED) is 0.943. The van der Waals surface area contributed by atoms with Gasteiger partial charge in [0.05, 0.1) is 12.7 Å². The Hall–Kier alpha value is -1.85. The molecule has 116 valence electrons. The molecule has 2 aromatic rings. The summed E-state index contributed by atoms with van der Waals surface area (Å²) in [5, 5.41) is 3.57. The minimum Gasteiger partial charge on any atom is -0.355 e. The summed E-state index contributed by atoms with van der Waals surface area (Å²) in [4.78, 5) is 18.6. The third kappa shape index (κ3) is 3.15. The van der Waals surface area contributed by atoms with E-state index in [-0.39, 0.29) is 11.9 Å². The van der Waals surface area contributed by atoms with Crippen molar-refractivity contribution in [2.24, 2.45) is 7.05 Å². The summed E-state index contributed by atoms with van der Waals surface area (Å²) in [6.45, 7) is 2.11. The molecule has 2 heterocycles. The predicted molar refractivity (Wildman–Crippen MR) is 85.4 cm³/mol. The summed E-state index contributed by atoms with van der Waals surface area (Å²) in [6, 6.07) is 10.2. The molecular weight excluding hydrogens is 300 g/mol. The summed E-state index contributed by atoms with van der Waals surface area (Å²) >= 11 is 6.07. The van der Waals surface area contributed by atoms with Crippen molar-refractivity contribution in [3.8, 4) is 0 Å². The molecule has 22 heavy (non-hydrogen) atoms. The number of nitrogens with one attached hydrogen (secondary N) is 1. The van der Waals surface area contributed by atoms with Crippen LogP contribution in [0.15, 0.2) is 36.5 Å². The maximum atomic E-state index is 12.0. The van der Waals surface area contributed by atoms with E-state index in [1.165, 1.54) is 0 Å². The Kier molecular flexibility index (Phi) is 4.45. The van der Waals surface area contributed by atoms with E-state index >= 15 is 0 Å². The largest absolute Gasteiger partial charge is 0.355 e. The highest BCUT2D eigenvalue weighted by atomic mass is 35.5. The van der Waals surface area contributed by atoms with E-state index in [9.17, 15) is 4.79 Å². The van der Waals surface area contributed by atoms with Crippen LogP contribution in [0.3, 0.4) is 0 Å². The molecule has 0 bridgehead atoms. The summed E-state index contributed by atoms with van der Waals surface area (Å²) < 4.78 is 1.88. The molecule has 1 N–H and O–H groups in total. The van der Waals surface area contributed by atoms with Gasteiger partial charge in [0.1, 0.15) is 11.0 Å². The number of carbonyl (C=O) groups excluding carboxylic acids is 1. The van der Waals surface area contributed by atoms with E-state index in [1.54, 1.807) is 6.20 Å². The van der Waals surface area contributed by atoms with Crippen LogP contribution in [0.1, 0.15) is 23.9 Å². The third-order valence-electron chi connectivity index (χ3n) is 4.10. The van der Waals surface area contributed by atoms with Gasteiger partial charge in [0.25, 0.3) is 0 Å². The summed E-state index contributed by atoms with van der Waals surface area (Å²) in [5.74, 6) is 0.995. The zero-order valence-electron chi connectivity index (χ0n) is 12.5. The van der Waals surface area contributed by atoms with Crippen LogP contribution >= 0.6 is 11.6 Å². The van der Waals surface area contributed by atoms with Crippen molar-refractivity contribution in [1.82, 2.24) is 19.8 Å². The molecule has 6 heteroatoms. The van der Waals surface area contributed by atoms with Crippen LogP contribution in [-0.4, -0.2) is 33.4 Å². The highest BCUT2D eigenvalue weighted by Gasteiger charge is 2.27. The number of carbonyl (C=O) groups is 1. The number of hydrogen-bond acceptors (Lipinski definition) is 3. The lowest BCUT2D eigenvalue weighted by Gasteiger charge is -2.29. The number of amides is 1. The fraction of sp³-hybridized carbons (Fsp3) is 0.375. The highest BCUT2D eigenvalue weighted by molar-refractivity contribution is 6.29. The van der Waals surface area contributed by atoms with Crippen LogP contribution in [0.25, 0.3) is 0 Å². The fourth-order valence-electron chi connectivity index (χ4n) is 2.82. The maximum Gasteiger partial charge on any atom is 0.221 e. The number of halogens is 1. The van der Waals surface area contributed by atoms with Crippen LogP contribution < -0.4 is 5.32 Å². The first kappa shape index (κ1) is 15.1. The van der Waals surface area contributed by atoms with Crippen LogP contribution in [0, 0.1) is 0 Å². The van der Waals surface area contributed by atoms with Crippen LogP contribution in [0.2, 0.25) is 5.15 Å². The molecule has 1 saturated heterocycles. The van der Waals surface area contributed by atoms with Crippen LogP contribution in [0.5, 0.6) is 0 Å². The van der Waals surface area contributed by atoms with Crippen molar-refractivity contribution in [3.63, 3.8) is 0 Å². The van der Waals surface area contributed by atoms with Crippen molar-refractivity contribution >= 4 is 17.5 Å². The molecule has 1 aliphatic rings. The van der Waals surface area contributed by atoms with Gasteiger partial charge in [0.2, 0.25) is 5.91 Å². The third-order valence-corrected chi connectivity index (χ3v) is 4.45. The van der Waals surface area contributed by atoms with E-state index in [0.717, 1.165) is 17.9 Å². The van der Waals surface area contributed by atoms with Gasteiger partial charge in [-0.15, -0.1) is 0 Å². The van der Waals surface area contributed by atoms with Gasteiger partial charge in [0.15, 0.2) is 0 Å². The molecule has 1 aromatic carbocycles. The van der Waals surface area contributed by atoms with Crippen molar-refractivity contribution < 1.29 is 4.79 Å². The molecule has 0 radical (unpaired) electrons. The Balaban J connectivity index is 1.88. The molecule has 1 aromatic heterocycles. The fourth-order valence-corrected chi connectivity index (χ4v) is 2.96. The van der Waals surface area contributed by atoms with Gasteiger partial charge in [-0.3, -0.25) is 9.69 Å². The Bertz CT molecular complexity index is 655. The number of imidazole rings is 1. The topological polar surface area (TPSA) is 50.2 Å². The normalized spacial score (nSPS) is 19.7. The molecule has 0 aliphatic carbocycles. The van der Waals surface area contributed by atoms with Gasteiger partial charge >= 0.3 is 0 Å². The molecule has 3 rings (SSSR count). The average Bonchev–Trinajstić information content (AvgIpc) is 2.73. The van der Waals surface area contributed by atoms with E-state index in [2.05, 4.69) is 27.3 Å². The summed E-state index contributed by atoms with van der Waals surface area (Å²) in [6.07, 6.45) is 2.12. The minimum absolute atomic E-state index is 0.0548.